The third-order valence-corrected chi connectivity index (χ3v) is 6.12. The van der Waals surface area contributed by atoms with Crippen LogP contribution < -0.4 is 11.1 Å². The minimum absolute atomic E-state index is 0.0140. The summed E-state index contributed by atoms with van der Waals surface area (Å²) in [5.41, 5.74) is 6.94. The van der Waals surface area contributed by atoms with Crippen molar-refractivity contribution < 1.29 is 14.7 Å². The number of carbonyl (C=O) groups excluding carboxylic acids is 2. The largest absolute Gasteiger partial charge is 0.508 e. The van der Waals surface area contributed by atoms with Gasteiger partial charge < -0.3 is 21.1 Å². The van der Waals surface area contributed by atoms with E-state index < -0.39 is 0 Å². The van der Waals surface area contributed by atoms with Gasteiger partial charge in [-0.2, -0.15) is 0 Å². The normalized spacial score (nSPS) is 22.8. The quantitative estimate of drug-likeness (QED) is 0.727. The molecule has 2 amide bonds. The summed E-state index contributed by atoms with van der Waals surface area (Å²) in [6.45, 7) is 1.68. The Balaban J connectivity index is 1.59. The molecule has 1 aromatic carbocycles. The van der Waals surface area contributed by atoms with Gasteiger partial charge in [-0.1, -0.05) is 23.2 Å². The number of amides is 2. The molecule has 4 N–H and O–H groups in total. The van der Waals surface area contributed by atoms with Crippen LogP contribution in [-0.4, -0.2) is 41.5 Å². The van der Waals surface area contributed by atoms with Gasteiger partial charge in [-0.15, -0.1) is 0 Å². The maximum atomic E-state index is 12.6. The fraction of sp³-hybridized carbons (Fsp3) is 0.556. The van der Waals surface area contributed by atoms with Crippen LogP contribution in [0.5, 0.6) is 5.75 Å². The SMILES string of the molecule is N[C@@H](c1cc(Cl)c(Cl)cc1O)C1CCN(C(=O)C2CCC(=O)NC2)CC1. The van der Waals surface area contributed by atoms with Gasteiger partial charge in [-0.3, -0.25) is 9.59 Å². The van der Waals surface area contributed by atoms with Gasteiger partial charge in [0.1, 0.15) is 5.75 Å². The number of aromatic hydroxyl groups is 1. The van der Waals surface area contributed by atoms with Crippen LogP contribution in [0.2, 0.25) is 10.0 Å². The number of piperidine rings is 2. The van der Waals surface area contributed by atoms with Gasteiger partial charge in [0, 0.05) is 43.7 Å². The van der Waals surface area contributed by atoms with Crippen molar-refractivity contribution in [1.29, 1.82) is 0 Å². The Morgan fingerprint density at radius 2 is 1.88 bits per heavy atom. The first-order chi connectivity index (χ1) is 12.4. The van der Waals surface area contributed by atoms with Gasteiger partial charge in [0.15, 0.2) is 0 Å². The molecule has 26 heavy (non-hydrogen) atoms. The summed E-state index contributed by atoms with van der Waals surface area (Å²) in [4.78, 5) is 25.7. The lowest BCUT2D eigenvalue weighted by Gasteiger charge is -2.37. The topological polar surface area (TPSA) is 95.7 Å². The van der Waals surface area contributed by atoms with Gasteiger partial charge in [0.2, 0.25) is 11.8 Å². The molecule has 2 atom stereocenters. The third kappa shape index (κ3) is 4.08. The summed E-state index contributed by atoms with van der Waals surface area (Å²) >= 11 is 12.0. The molecule has 0 spiro atoms. The van der Waals surface area contributed by atoms with Crippen LogP contribution in [-0.2, 0) is 9.59 Å². The number of benzene rings is 1. The van der Waals surface area contributed by atoms with E-state index in [0.29, 0.717) is 48.1 Å². The maximum Gasteiger partial charge on any atom is 0.227 e. The molecular formula is C18H23Cl2N3O3. The highest BCUT2D eigenvalue weighted by molar-refractivity contribution is 6.42. The number of rotatable bonds is 3. The summed E-state index contributed by atoms with van der Waals surface area (Å²) < 4.78 is 0. The number of nitrogens with zero attached hydrogens (tertiary/aromatic N) is 1. The molecular weight excluding hydrogens is 377 g/mol. The van der Waals surface area contributed by atoms with Gasteiger partial charge in [-0.05, 0) is 31.2 Å². The smallest absolute Gasteiger partial charge is 0.227 e. The Hall–Kier alpha value is -1.50. The van der Waals surface area contributed by atoms with E-state index >= 15 is 0 Å². The van der Waals surface area contributed by atoms with E-state index in [2.05, 4.69) is 5.32 Å². The number of nitrogens with one attached hydrogen (secondary N) is 1. The molecule has 2 fully saturated rings. The lowest BCUT2D eigenvalue weighted by Crippen LogP contribution is -2.48. The number of hydrogen-bond acceptors (Lipinski definition) is 4. The summed E-state index contributed by atoms with van der Waals surface area (Å²) in [5.74, 6) is 0.184. The van der Waals surface area contributed by atoms with Crippen molar-refractivity contribution in [1.82, 2.24) is 10.2 Å². The number of phenolic OH excluding ortho intramolecular Hbond substituents is 1. The predicted octanol–water partition coefficient (Wildman–Crippen LogP) is 2.46. The predicted molar refractivity (Wildman–Crippen MR) is 100 cm³/mol. The maximum absolute atomic E-state index is 12.6. The Kier molecular flexibility index (Phi) is 5.95. The van der Waals surface area contributed by atoms with Crippen LogP contribution in [0.1, 0.15) is 37.3 Å². The molecule has 1 unspecified atom stereocenters. The lowest BCUT2D eigenvalue weighted by molar-refractivity contribution is -0.138. The highest BCUT2D eigenvalue weighted by Gasteiger charge is 2.33. The summed E-state index contributed by atoms with van der Waals surface area (Å²) in [7, 11) is 0. The Morgan fingerprint density at radius 1 is 1.23 bits per heavy atom. The molecule has 0 aliphatic carbocycles. The second-order valence-corrected chi connectivity index (χ2v) is 7.87. The fourth-order valence-electron chi connectivity index (χ4n) is 3.75. The zero-order valence-corrected chi connectivity index (χ0v) is 15.9. The minimum atomic E-state index is -0.365. The van der Waals surface area contributed by atoms with Crippen molar-refractivity contribution in [2.45, 2.75) is 31.7 Å². The molecule has 2 saturated heterocycles. The van der Waals surface area contributed by atoms with Crippen molar-refractivity contribution in [3.8, 4) is 5.75 Å². The van der Waals surface area contributed by atoms with Crippen LogP contribution in [0, 0.1) is 11.8 Å². The van der Waals surface area contributed by atoms with Crippen LogP contribution in [0.4, 0.5) is 0 Å². The van der Waals surface area contributed by atoms with Crippen molar-refractivity contribution >= 4 is 35.0 Å². The van der Waals surface area contributed by atoms with Crippen molar-refractivity contribution in [3.63, 3.8) is 0 Å². The van der Waals surface area contributed by atoms with Crippen molar-refractivity contribution in [2.75, 3.05) is 19.6 Å². The molecule has 0 radical (unpaired) electrons. The Morgan fingerprint density at radius 3 is 2.50 bits per heavy atom. The first-order valence-electron chi connectivity index (χ1n) is 8.85. The van der Waals surface area contributed by atoms with Crippen LogP contribution >= 0.6 is 23.2 Å². The van der Waals surface area contributed by atoms with Crippen molar-refractivity contribution in [2.24, 2.45) is 17.6 Å². The molecule has 3 rings (SSSR count). The van der Waals surface area contributed by atoms with Crippen LogP contribution in [0.3, 0.4) is 0 Å². The molecule has 2 aliphatic rings. The summed E-state index contributed by atoms with van der Waals surface area (Å²) in [5, 5.41) is 13.5. The lowest BCUT2D eigenvalue weighted by atomic mass is 9.85. The van der Waals surface area contributed by atoms with E-state index in [1.807, 2.05) is 4.90 Å². The Labute approximate surface area is 162 Å². The standard InChI is InChI=1S/C18H23Cl2N3O3/c19-13-7-12(15(24)8-14(13)20)17(21)10-3-5-23(6-4-10)18(26)11-1-2-16(25)22-9-11/h7-8,10-11,17,24H,1-6,9,21H2,(H,22,25)/t11?,17-/m1/s1. The van der Waals surface area contributed by atoms with E-state index in [1.165, 1.54) is 6.07 Å². The average Bonchev–Trinajstić information content (AvgIpc) is 2.64. The zero-order valence-electron chi connectivity index (χ0n) is 14.4. The monoisotopic (exact) mass is 399 g/mol. The third-order valence-electron chi connectivity index (χ3n) is 5.40. The van der Waals surface area contributed by atoms with Crippen LogP contribution in [0.25, 0.3) is 0 Å². The zero-order chi connectivity index (χ0) is 18.8. The molecule has 2 heterocycles. The molecule has 0 saturated carbocycles. The molecule has 142 valence electrons. The Bertz CT molecular complexity index is 695. The first-order valence-corrected chi connectivity index (χ1v) is 9.61. The van der Waals surface area contributed by atoms with E-state index in [1.54, 1.807) is 6.07 Å². The van der Waals surface area contributed by atoms with Gasteiger partial charge in [0.05, 0.1) is 16.0 Å². The molecule has 2 aliphatic heterocycles. The second kappa shape index (κ2) is 8.03. The fourth-order valence-corrected chi connectivity index (χ4v) is 4.08. The van der Waals surface area contributed by atoms with Gasteiger partial charge in [0.25, 0.3) is 0 Å². The van der Waals surface area contributed by atoms with E-state index in [-0.39, 0.29) is 35.4 Å². The van der Waals surface area contributed by atoms with Crippen LogP contribution in [0.15, 0.2) is 12.1 Å². The highest BCUT2D eigenvalue weighted by Crippen LogP contribution is 2.38. The molecule has 1 aromatic rings. The summed E-state index contributed by atoms with van der Waals surface area (Å²) in [6.07, 6.45) is 2.53. The second-order valence-electron chi connectivity index (χ2n) is 7.05. The first kappa shape index (κ1) is 19.3. The van der Waals surface area contributed by atoms with Gasteiger partial charge >= 0.3 is 0 Å². The molecule has 6 nitrogen and oxygen atoms in total. The number of phenols is 1. The van der Waals surface area contributed by atoms with E-state index in [4.69, 9.17) is 28.9 Å². The number of likely N-dealkylation sites (tertiary alicyclic amines) is 1. The van der Waals surface area contributed by atoms with Crippen molar-refractivity contribution in [3.05, 3.63) is 27.7 Å². The van der Waals surface area contributed by atoms with Gasteiger partial charge in [-0.25, -0.2) is 0 Å². The number of halogens is 2. The van der Waals surface area contributed by atoms with E-state index in [0.717, 1.165) is 12.8 Å². The molecule has 8 heteroatoms. The molecule has 0 bridgehead atoms. The number of carbonyl (C=O) groups is 2. The molecule has 0 aromatic heterocycles. The average molecular weight is 400 g/mol. The minimum Gasteiger partial charge on any atom is -0.508 e. The number of nitrogens with two attached hydrogens (primary N) is 1. The van der Waals surface area contributed by atoms with E-state index in [9.17, 15) is 14.7 Å². The highest BCUT2D eigenvalue weighted by atomic mass is 35.5. The number of hydrogen-bond donors (Lipinski definition) is 3. The summed E-state index contributed by atoms with van der Waals surface area (Å²) in [6, 6.07) is 2.66.